The molecule has 1 aliphatic carbocycles. The highest BCUT2D eigenvalue weighted by Gasteiger charge is 2.18. The van der Waals surface area contributed by atoms with Gasteiger partial charge in [-0.25, -0.2) is 0 Å². The van der Waals surface area contributed by atoms with Gasteiger partial charge >= 0.3 is 0 Å². The van der Waals surface area contributed by atoms with Gasteiger partial charge in [-0.2, -0.15) is 0 Å². The summed E-state index contributed by atoms with van der Waals surface area (Å²) in [5.74, 6) is 1.02. The van der Waals surface area contributed by atoms with Crippen LogP contribution in [0.15, 0.2) is 0 Å². The fraction of sp³-hybridized carbons (Fsp3) is 1.00. The smallest absolute Gasteiger partial charge is 0.0110 e. The van der Waals surface area contributed by atoms with E-state index in [1.807, 2.05) is 0 Å². The lowest BCUT2D eigenvalue weighted by atomic mass is 9.95. The Labute approximate surface area is 126 Å². The monoisotopic (exact) mass is 281 g/mol. The molecule has 1 saturated carbocycles. The van der Waals surface area contributed by atoms with Crippen molar-refractivity contribution in [1.82, 2.24) is 15.1 Å². The summed E-state index contributed by atoms with van der Waals surface area (Å²) in [7, 11) is 2.23. The average molecular weight is 281 g/mol. The summed E-state index contributed by atoms with van der Waals surface area (Å²) in [5.41, 5.74) is 0. The molecule has 2 fully saturated rings. The molecule has 0 aromatic rings. The fourth-order valence-electron chi connectivity index (χ4n) is 3.78. The Hall–Kier alpha value is -0.120. The molecule has 1 N–H and O–H groups in total. The number of nitrogens with one attached hydrogen (secondary N) is 1. The molecule has 0 amide bonds. The van der Waals surface area contributed by atoms with E-state index in [4.69, 9.17) is 0 Å². The largest absolute Gasteiger partial charge is 0.313 e. The van der Waals surface area contributed by atoms with Gasteiger partial charge in [-0.05, 0) is 32.2 Å². The minimum Gasteiger partial charge on any atom is -0.313 e. The van der Waals surface area contributed by atoms with Gasteiger partial charge in [0.05, 0.1) is 0 Å². The minimum absolute atomic E-state index is 0.796. The molecular weight excluding hydrogens is 246 g/mol. The first-order chi connectivity index (χ1) is 9.78. The molecule has 2 unspecified atom stereocenters. The van der Waals surface area contributed by atoms with Gasteiger partial charge in [0.1, 0.15) is 0 Å². The van der Waals surface area contributed by atoms with E-state index in [-0.39, 0.29) is 0 Å². The van der Waals surface area contributed by atoms with Crippen LogP contribution in [0.5, 0.6) is 0 Å². The number of likely N-dealkylation sites (N-methyl/N-ethyl adjacent to an activating group) is 1. The standard InChI is InChI=1S/C17H35N3/c1-3-5-16-6-4-7-17(9-8-16)18-10-11-20-14-12-19(2)13-15-20/h16-18H,3-15H2,1-2H3. The third kappa shape index (κ3) is 5.71. The molecule has 0 radical (unpaired) electrons. The van der Waals surface area contributed by atoms with Crippen LogP contribution in [0.2, 0.25) is 0 Å². The van der Waals surface area contributed by atoms with E-state index < -0.39 is 0 Å². The van der Waals surface area contributed by atoms with Crippen molar-refractivity contribution < 1.29 is 0 Å². The Morgan fingerprint density at radius 3 is 2.55 bits per heavy atom. The third-order valence-corrected chi connectivity index (χ3v) is 5.24. The van der Waals surface area contributed by atoms with E-state index in [1.54, 1.807) is 0 Å². The number of hydrogen-bond donors (Lipinski definition) is 1. The summed E-state index contributed by atoms with van der Waals surface area (Å²) >= 11 is 0. The second kappa shape index (κ2) is 9.01. The van der Waals surface area contributed by atoms with Gasteiger partial charge in [0.15, 0.2) is 0 Å². The van der Waals surface area contributed by atoms with Gasteiger partial charge < -0.3 is 10.2 Å². The van der Waals surface area contributed by atoms with Crippen molar-refractivity contribution in [3.63, 3.8) is 0 Å². The van der Waals surface area contributed by atoms with Crippen LogP contribution in [0.1, 0.15) is 51.9 Å². The molecule has 2 atom stereocenters. The molecule has 2 rings (SSSR count). The van der Waals surface area contributed by atoms with E-state index in [2.05, 4.69) is 29.1 Å². The van der Waals surface area contributed by atoms with Crippen molar-refractivity contribution in [2.75, 3.05) is 46.3 Å². The number of rotatable bonds is 6. The molecule has 20 heavy (non-hydrogen) atoms. The lowest BCUT2D eigenvalue weighted by Gasteiger charge is -2.32. The van der Waals surface area contributed by atoms with E-state index in [0.717, 1.165) is 12.0 Å². The zero-order chi connectivity index (χ0) is 14.2. The summed E-state index contributed by atoms with van der Waals surface area (Å²) in [6, 6.07) is 0.796. The third-order valence-electron chi connectivity index (χ3n) is 5.24. The van der Waals surface area contributed by atoms with Gasteiger partial charge in [0, 0.05) is 45.3 Å². The van der Waals surface area contributed by atoms with E-state index >= 15 is 0 Å². The molecule has 3 heteroatoms. The van der Waals surface area contributed by atoms with Crippen LogP contribution in [-0.4, -0.2) is 62.2 Å². The van der Waals surface area contributed by atoms with Gasteiger partial charge in [-0.3, -0.25) is 4.90 Å². The number of hydrogen-bond acceptors (Lipinski definition) is 3. The van der Waals surface area contributed by atoms with Crippen LogP contribution in [0.25, 0.3) is 0 Å². The summed E-state index contributed by atoms with van der Waals surface area (Å²) in [4.78, 5) is 5.05. The minimum atomic E-state index is 0.796. The van der Waals surface area contributed by atoms with Crippen LogP contribution in [0.3, 0.4) is 0 Å². The van der Waals surface area contributed by atoms with Crippen molar-refractivity contribution in [3.8, 4) is 0 Å². The molecule has 0 spiro atoms. The van der Waals surface area contributed by atoms with Crippen molar-refractivity contribution in [2.24, 2.45) is 5.92 Å². The van der Waals surface area contributed by atoms with Gasteiger partial charge in [-0.1, -0.05) is 32.6 Å². The van der Waals surface area contributed by atoms with E-state index in [1.165, 1.54) is 84.2 Å². The van der Waals surface area contributed by atoms with Crippen molar-refractivity contribution in [3.05, 3.63) is 0 Å². The molecule has 1 aliphatic heterocycles. The Balaban J connectivity index is 1.57. The zero-order valence-electron chi connectivity index (χ0n) is 13.7. The molecular formula is C17H35N3. The summed E-state index contributed by atoms with van der Waals surface area (Å²) < 4.78 is 0. The van der Waals surface area contributed by atoms with Crippen LogP contribution < -0.4 is 5.32 Å². The Morgan fingerprint density at radius 1 is 1.00 bits per heavy atom. The van der Waals surface area contributed by atoms with E-state index in [9.17, 15) is 0 Å². The maximum absolute atomic E-state index is 3.83. The van der Waals surface area contributed by atoms with Crippen LogP contribution in [0.4, 0.5) is 0 Å². The topological polar surface area (TPSA) is 18.5 Å². The quantitative estimate of drug-likeness (QED) is 0.755. The first-order valence-corrected chi connectivity index (χ1v) is 8.92. The SMILES string of the molecule is CCCC1CCCC(NCCN2CCN(C)CC2)CC1. The first kappa shape index (κ1) is 16.3. The van der Waals surface area contributed by atoms with Crippen molar-refractivity contribution in [2.45, 2.75) is 57.9 Å². The average Bonchev–Trinajstić information content (AvgIpc) is 2.67. The predicted molar refractivity (Wildman–Crippen MR) is 87.2 cm³/mol. The van der Waals surface area contributed by atoms with Crippen LogP contribution in [0, 0.1) is 5.92 Å². The molecule has 0 aromatic heterocycles. The Kier molecular flexibility index (Phi) is 7.32. The van der Waals surface area contributed by atoms with Crippen molar-refractivity contribution >= 4 is 0 Å². The molecule has 2 aliphatic rings. The second-order valence-electron chi connectivity index (χ2n) is 6.96. The number of nitrogens with zero attached hydrogens (tertiary/aromatic N) is 2. The lowest BCUT2D eigenvalue weighted by Crippen LogP contribution is -2.47. The maximum Gasteiger partial charge on any atom is 0.0110 e. The fourth-order valence-corrected chi connectivity index (χ4v) is 3.78. The molecule has 118 valence electrons. The molecule has 1 heterocycles. The molecule has 3 nitrogen and oxygen atoms in total. The number of piperazine rings is 1. The van der Waals surface area contributed by atoms with Crippen molar-refractivity contribution in [1.29, 1.82) is 0 Å². The zero-order valence-corrected chi connectivity index (χ0v) is 13.7. The highest BCUT2D eigenvalue weighted by molar-refractivity contribution is 4.76. The summed E-state index contributed by atoms with van der Waals surface area (Å²) in [6.07, 6.45) is 10.0. The molecule has 0 bridgehead atoms. The molecule has 0 aromatic carbocycles. The Bertz CT molecular complexity index is 249. The second-order valence-corrected chi connectivity index (χ2v) is 6.96. The lowest BCUT2D eigenvalue weighted by molar-refractivity contribution is 0.153. The van der Waals surface area contributed by atoms with Crippen LogP contribution >= 0.6 is 0 Å². The van der Waals surface area contributed by atoms with Gasteiger partial charge in [0.25, 0.3) is 0 Å². The first-order valence-electron chi connectivity index (χ1n) is 8.92. The normalized spacial score (nSPS) is 30.3. The summed E-state index contributed by atoms with van der Waals surface area (Å²) in [5, 5.41) is 3.83. The predicted octanol–water partition coefficient (Wildman–Crippen LogP) is 2.57. The maximum atomic E-state index is 3.83. The Morgan fingerprint density at radius 2 is 1.80 bits per heavy atom. The highest BCUT2D eigenvalue weighted by Crippen LogP contribution is 2.26. The van der Waals surface area contributed by atoms with Gasteiger partial charge in [0.2, 0.25) is 0 Å². The summed E-state index contributed by atoms with van der Waals surface area (Å²) in [6.45, 7) is 9.74. The van der Waals surface area contributed by atoms with Crippen LogP contribution in [-0.2, 0) is 0 Å². The van der Waals surface area contributed by atoms with E-state index in [0.29, 0.717) is 0 Å². The molecule has 1 saturated heterocycles. The van der Waals surface area contributed by atoms with Gasteiger partial charge in [-0.15, -0.1) is 0 Å². The highest BCUT2D eigenvalue weighted by atomic mass is 15.2.